The highest BCUT2D eigenvalue weighted by molar-refractivity contribution is 7.80. The van der Waals surface area contributed by atoms with E-state index in [0.29, 0.717) is 18.7 Å². The molecule has 0 bridgehead atoms. The molecule has 0 aliphatic carbocycles. The van der Waals surface area contributed by atoms with E-state index in [9.17, 15) is 14.4 Å². The number of rotatable bonds is 14. The second-order valence-electron chi connectivity index (χ2n) is 9.54. The van der Waals surface area contributed by atoms with E-state index in [0.717, 1.165) is 37.7 Å². The van der Waals surface area contributed by atoms with Crippen LogP contribution in [0.2, 0.25) is 0 Å². The molecule has 0 fully saturated rings. The molecule has 1 aromatic rings. The van der Waals surface area contributed by atoms with E-state index in [4.69, 9.17) is 4.74 Å². The maximum absolute atomic E-state index is 13.8. The van der Waals surface area contributed by atoms with Crippen molar-refractivity contribution < 1.29 is 19.1 Å². The topological polar surface area (TPSA) is 87.7 Å². The van der Waals surface area contributed by atoms with Gasteiger partial charge in [0, 0.05) is 18.8 Å². The van der Waals surface area contributed by atoms with E-state index in [1.54, 1.807) is 31.7 Å². The monoisotopic (exact) mass is 505 g/mol. The van der Waals surface area contributed by atoms with Gasteiger partial charge in [0.1, 0.15) is 17.7 Å². The van der Waals surface area contributed by atoms with Crippen LogP contribution in [0.5, 0.6) is 0 Å². The molecule has 2 N–H and O–H groups in total. The van der Waals surface area contributed by atoms with Gasteiger partial charge in [0.25, 0.3) is 0 Å². The molecule has 1 rings (SSSR count). The van der Waals surface area contributed by atoms with Gasteiger partial charge >= 0.3 is 6.09 Å². The number of amides is 3. The molecule has 2 unspecified atom stereocenters. The number of nitrogens with zero attached hydrogens (tertiary/aromatic N) is 1. The molecule has 196 valence electrons. The maximum Gasteiger partial charge on any atom is 0.408 e. The molecule has 0 spiro atoms. The van der Waals surface area contributed by atoms with Crippen molar-refractivity contribution in [3.05, 3.63) is 42.0 Å². The third-order valence-electron chi connectivity index (χ3n) is 5.31. The maximum atomic E-state index is 13.8. The summed E-state index contributed by atoms with van der Waals surface area (Å²) in [6, 6.07) is 5.67. The van der Waals surface area contributed by atoms with Crippen LogP contribution in [0.3, 0.4) is 0 Å². The average molecular weight is 506 g/mol. The first kappa shape index (κ1) is 30.6. The van der Waals surface area contributed by atoms with Crippen LogP contribution in [0, 0.1) is 0 Å². The molecule has 1 aromatic carbocycles. The molecule has 0 saturated heterocycles. The van der Waals surface area contributed by atoms with Gasteiger partial charge in [-0.25, -0.2) is 4.79 Å². The van der Waals surface area contributed by atoms with Crippen molar-refractivity contribution in [2.75, 3.05) is 18.8 Å². The van der Waals surface area contributed by atoms with Crippen molar-refractivity contribution in [1.29, 1.82) is 0 Å². The van der Waals surface area contributed by atoms with Crippen LogP contribution >= 0.6 is 12.6 Å². The molecule has 7 nitrogen and oxygen atoms in total. The third kappa shape index (κ3) is 10.8. The van der Waals surface area contributed by atoms with Crippen LogP contribution in [0.4, 0.5) is 4.79 Å². The van der Waals surface area contributed by atoms with Crippen molar-refractivity contribution in [3.8, 4) is 0 Å². The van der Waals surface area contributed by atoms with Crippen LogP contribution in [0.25, 0.3) is 6.08 Å². The number of carbonyl (C=O) groups excluding carboxylic acids is 3. The molecular formula is C27H43N3O4S. The van der Waals surface area contributed by atoms with Crippen molar-refractivity contribution in [3.63, 3.8) is 0 Å². The summed E-state index contributed by atoms with van der Waals surface area (Å²) in [5.41, 5.74) is 0.839. The zero-order valence-electron chi connectivity index (χ0n) is 21.9. The Morgan fingerprint density at radius 2 is 1.83 bits per heavy atom. The van der Waals surface area contributed by atoms with Crippen molar-refractivity contribution >= 4 is 36.6 Å². The predicted molar refractivity (Wildman–Crippen MR) is 145 cm³/mol. The Hall–Kier alpha value is -2.48. The molecule has 0 radical (unpaired) electrons. The van der Waals surface area contributed by atoms with Crippen molar-refractivity contribution in [1.82, 2.24) is 15.5 Å². The normalized spacial score (nSPS) is 12.9. The molecule has 0 aliphatic rings. The van der Waals surface area contributed by atoms with Crippen molar-refractivity contribution in [2.45, 2.75) is 84.4 Å². The number of hydrogen-bond acceptors (Lipinski definition) is 5. The fraction of sp³-hybridized carbons (Fsp3) is 0.593. The number of unbranched alkanes of at least 4 members (excludes halogenated alkanes) is 3. The van der Waals surface area contributed by atoms with Crippen molar-refractivity contribution in [2.24, 2.45) is 0 Å². The van der Waals surface area contributed by atoms with Gasteiger partial charge < -0.3 is 20.3 Å². The molecule has 3 amide bonds. The summed E-state index contributed by atoms with van der Waals surface area (Å²) in [6.45, 7) is 14.1. The fourth-order valence-electron chi connectivity index (χ4n) is 3.55. The van der Waals surface area contributed by atoms with E-state index >= 15 is 0 Å². The van der Waals surface area contributed by atoms with Gasteiger partial charge in [-0.3, -0.25) is 9.59 Å². The molecule has 8 heteroatoms. The van der Waals surface area contributed by atoms with E-state index in [1.807, 2.05) is 24.3 Å². The number of hydrogen-bond donors (Lipinski definition) is 3. The Morgan fingerprint density at radius 1 is 1.14 bits per heavy atom. The average Bonchev–Trinajstić information content (AvgIpc) is 2.80. The highest BCUT2D eigenvalue weighted by Crippen LogP contribution is 2.25. The fourth-order valence-corrected chi connectivity index (χ4v) is 3.80. The molecule has 35 heavy (non-hydrogen) atoms. The molecule has 0 aromatic heterocycles. The highest BCUT2D eigenvalue weighted by Gasteiger charge is 2.35. The molecule has 0 aliphatic heterocycles. The molecule has 0 saturated carbocycles. The Bertz CT molecular complexity index is 838. The minimum absolute atomic E-state index is 0.0687. The summed E-state index contributed by atoms with van der Waals surface area (Å²) in [6.07, 6.45) is 5.40. The van der Waals surface area contributed by atoms with Gasteiger partial charge in [-0.2, -0.15) is 12.6 Å². The summed E-state index contributed by atoms with van der Waals surface area (Å²) >= 11 is 4.32. The predicted octanol–water partition coefficient (Wildman–Crippen LogP) is 5.13. The first-order chi connectivity index (χ1) is 16.6. The SMILES string of the molecule is C=Cc1cccc(C(C(=O)NCCCC)N(CCCCC)C(=O)C(CS)NC(=O)OC(C)(C)C)c1. The number of carbonyl (C=O) groups is 3. The van der Waals surface area contributed by atoms with Crippen LogP contribution in [-0.2, 0) is 14.3 Å². The zero-order valence-corrected chi connectivity index (χ0v) is 22.8. The van der Waals surface area contributed by atoms with Gasteiger partial charge in [-0.05, 0) is 50.8 Å². The van der Waals surface area contributed by atoms with Gasteiger partial charge in [-0.15, -0.1) is 0 Å². The number of thiol groups is 1. The second kappa shape index (κ2) is 15.5. The summed E-state index contributed by atoms with van der Waals surface area (Å²) in [5, 5.41) is 5.62. The largest absolute Gasteiger partial charge is 0.444 e. The van der Waals surface area contributed by atoms with Crippen LogP contribution in [0.1, 0.15) is 83.9 Å². The van der Waals surface area contributed by atoms with Gasteiger partial charge in [-0.1, -0.05) is 64.0 Å². The van der Waals surface area contributed by atoms with Crippen LogP contribution in [-0.4, -0.2) is 53.3 Å². The quantitative estimate of drug-likeness (QED) is 0.242. The number of alkyl carbamates (subject to hydrolysis) is 1. The summed E-state index contributed by atoms with van der Waals surface area (Å²) in [7, 11) is 0. The van der Waals surface area contributed by atoms with Gasteiger partial charge in [0.2, 0.25) is 11.8 Å². The Labute approximate surface area is 216 Å². The van der Waals surface area contributed by atoms with Gasteiger partial charge in [0.15, 0.2) is 0 Å². The lowest BCUT2D eigenvalue weighted by atomic mass is 10.00. The molecule has 2 atom stereocenters. The van der Waals surface area contributed by atoms with Crippen LogP contribution in [0.15, 0.2) is 30.8 Å². The smallest absolute Gasteiger partial charge is 0.408 e. The Balaban J connectivity index is 3.38. The molecular weight excluding hydrogens is 462 g/mol. The van der Waals surface area contributed by atoms with E-state index in [-0.39, 0.29) is 17.6 Å². The first-order valence-corrected chi connectivity index (χ1v) is 13.1. The number of benzene rings is 1. The first-order valence-electron chi connectivity index (χ1n) is 12.5. The number of nitrogens with one attached hydrogen (secondary N) is 2. The Morgan fingerprint density at radius 3 is 2.40 bits per heavy atom. The Kier molecular flexibility index (Phi) is 13.5. The summed E-state index contributed by atoms with van der Waals surface area (Å²) in [4.78, 5) is 41.2. The number of ether oxygens (including phenoxy) is 1. The lowest BCUT2D eigenvalue weighted by molar-refractivity contribution is -0.142. The van der Waals surface area contributed by atoms with E-state index < -0.39 is 23.8 Å². The summed E-state index contributed by atoms with van der Waals surface area (Å²) in [5.74, 6) is -0.555. The highest BCUT2D eigenvalue weighted by atomic mass is 32.1. The van der Waals surface area contributed by atoms with E-state index in [2.05, 4.69) is 43.7 Å². The minimum Gasteiger partial charge on any atom is -0.444 e. The minimum atomic E-state index is -0.941. The second-order valence-corrected chi connectivity index (χ2v) is 9.91. The third-order valence-corrected chi connectivity index (χ3v) is 5.67. The van der Waals surface area contributed by atoms with Gasteiger partial charge in [0.05, 0.1) is 0 Å². The van der Waals surface area contributed by atoms with E-state index in [1.165, 1.54) is 0 Å². The standard InChI is InChI=1S/C27H43N3O4S/c1-7-10-12-17-30(25(32)22(19-35)29-26(33)34-27(4,5)6)23(24(31)28-16-11-8-2)21-15-13-14-20(9-3)18-21/h9,13-15,18,22-23,35H,3,7-8,10-12,16-17,19H2,1-2,4-6H3,(H,28,31)(H,29,33). The lowest BCUT2D eigenvalue weighted by Gasteiger charge is -2.34. The summed E-state index contributed by atoms with van der Waals surface area (Å²) < 4.78 is 5.34. The lowest BCUT2D eigenvalue weighted by Crippen LogP contribution is -2.54. The zero-order chi connectivity index (χ0) is 26.4. The molecule has 0 heterocycles. The van der Waals surface area contributed by atoms with Crippen LogP contribution < -0.4 is 10.6 Å².